The summed E-state index contributed by atoms with van der Waals surface area (Å²) in [5.41, 5.74) is 6.08. The van der Waals surface area contributed by atoms with E-state index in [2.05, 4.69) is 15.2 Å². The fraction of sp³-hybridized carbons (Fsp3) is 0.333. The number of fused-ring (bicyclic) bond motifs is 1. The van der Waals surface area contributed by atoms with Gasteiger partial charge in [-0.25, -0.2) is 13.9 Å². The van der Waals surface area contributed by atoms with E-state index in [0.717, 1.165) is 66.8 Å². The first-order valence-electron chi connectivity index (χ1n) is 11.0. The van der Waals surface area contributed by atoms with Crippen LogP contribution in [0.15, 0.2) is 36.5 Å². The van der Waals surface area contributed by atoms with E-state index in [9.17, 15) is 4.39 Å². The number of aromatic nitrogens is 4. The van der Waals surface area contributed by atoms with Crippen LogP contribution in [-0.4, -0.2) is 50.8 Å². The molecule has 0 bridgehead atoms. The van der Waals surface area contributed by atoms with Gasteiger partial charge in [-0.3, -0.25) is 4.90 Å². The zero-order valence-corrected chi connectivity index (χ0v) is 19.4. The standard InChI is InChI=1S/C24H26ClFN6O/c1-15-9-20(13-27-15)29-23-11-18(14-31-5-7-33-8-6-31)24-28-16(2)22(32(24)30-23)10-17-3-4-19(25)12-21(17)26/h3-4,9,11-13,27H,5-8,10,14H2,1-2H3,(H,29,30). The third-order valence-electron chi connectivity index (χ3n) is 5.92. The molecule has 9 heteroatoms. The van der Waals surface area contributed by atoms with Crippen LogP contribution in [0.2, 0.25) is 5.02 Å². The summed E-state index contributed by atoms with van der Waals surface area (Å²) in [6, 6.07) is 8.84. The Morgan fingerprint density at radius 2 is 1.97 bits per heavy atom. The van der Waals surface area contributed by atoms with Crippen molar-refractivity contribution in [3.63, 3.8) is 0 Å². The molecule has 3 aromatic heterocycles. The number of anilines is 2. The van der Waals surface area contributed by atoms with Crippen molar-refractivity contribution >= 4 is 28.8 Å². The van der Waals surface area contributed by atoms with Crippen LogP contribution in [0, 0.1) is 19.7 Å². The summed E-state index contributed by atoms with van der Waals surface area (Å²) in [5, 5.41) is 8.60. The second-order valence-corrected chi connectivity index (χ2v) is 8.87. The number of nitrogens with one attached hydrogen (secondary N) is 2. The van der Waals surface area contributed by atoms with Crippen molar-refractivity contribution in [1.29, 1.82) is 0 Å². The number of hydrogen-bond acceptors (Lipinski definition) is 5. The van der Waals surface area contributed by atoms with Gasteiger partial charge in [0.05, 0.1) is 30.3 Å². The number of rotatable bonds is 6. The molecule has 0 unspecified atom stereocenters. The van der Waals surface area contributed by atoms with Gasteiger partial charge in [-0.1, -0.05) is 17.7 Å². The van der Waals surface area contributed by atoms with Gasteiger partial charge in [-0.2, -0.15) is 0 Å². The number of morpholine rings is 1. The fourth-order valence-electron chi connectivity index (χ4n) is 4.19. The Labute approximate surface area is 196 Å². The van der Waals surface area contributed by atoms with E-state index in [0.29, 0.717) is 22.8 Å². The molecule has 0 aliphatic carbocycles. The van der Waals surface area contributed by atoms with Gasteiger partial charge in [0, 0.05) is 48.5 Å². The number of aryl methyl sites for hydroxylation is 2. The lowest BCUT2D eigenvalue weighted by Gasteiger charge is -2.26. The molecular weight excluding hydrogens is 443 g/mol. The molecule has 4 aromatic rings. The summed E-state index contributed by atoms with van der Waals surface area (Å²) in [6.07, 6.45) is 2.28. The molecule has 1 fully saturated rings. The molecule has 0 spiro atoms. The molecule has 1 aliphatic rings. The molecule has 1 aromatic carbocycles. The van der Waals surface area contributed by atoms with Gasteiger partial charge in [-0.05, 0) is 43.7 Å². The Bertz CT molecular complexity index is 1290. The molecular formula is C24H26ClFN6O. The molecule has 1 aliphatic heterocycles. The van der Waals surface area contributed by atoms with Crippen molar-refractivity contribution in [3.05, 3.63) is 75.6 Å². The van der Waals surface area contributed by atoms with Crippen molar-refractivity contribution < 1.29 is 9.13 Å². The van der Waals surface area contributed by atoms with Gasteiger partial charge in [0.2, 0.25) is 0 Å². The zero-order valence-electron chi connectivity index (χ0n) is 18.7. The highest BCUT2D eigenvalue weighted by Gasteiger charge is 2.20. The number of H-pyrrole nitrogens is 1. The number of nitrogens with zero attached hydrogens (tertiary/aromatic N) is 4. The molecule has 172 valence electrons. The number of hydrogen-bond donors (Lipinski definition) is 2. The topological polar surface area (TPSA) is 70.5 Å². The minimum atomic E-state index is -0.331. The van der Waals surface area contributed by atoms with E-state index in [4.69, 9.17) is 26.4 Å². The maximum Gasteiger partial charge on any atom is 0.158 e. The molecule has 7 nitrogen and oxygen atoms in total. The van der Waals surface area contributed by atoms with Gasteiger partial charge in [0.15, 0.2) is 11.5 Å². The highest BCUT2D eigenvalue weighted by molar-refractivity contribution is 6.30. The summed E-state index contributed by atoms with van der Waals surface area (Å²) < 4.78 is 21.9. The second kappa shape index (κ2) is 9.13. The number of benzene rings is 1. The number of ether oxygens (including phenoxy) is 1. The second-order valence-electron chi connectivity index (χ2n) is 8.43. The lowest BCUT2D eigenvalue weighted by Crippen LogP contribution is -2.35. The molecule has 5 rings (SSSR count). The smallest absolute Gasteiger partial charge is 0.158 e. The van der Waals surface area contributed by atoms with Crippen LogP contribution in [-0.2, 0) is 17.7 Å². The first-order valence-corrected chi connectivity index (χ1v) is 11.4. The first kappa shape index (κ1) is 21.9. The minimum absolute atomic E-state index is 0.331. The minimum Gasteiger partial charge on any atom is -0.379 e. The summed E-state index contributed by atoms with van der Waals surface area (Å²) in [6.45, 7) is 7.88. The van der Waals surface area contributed by atoms with Crippen molar-refractivity contribution in [2.24, 2.45) is 0 Å². The number of imidazole rings is 1. The average Bonchev–Trinajstić information content (AvgIpc) is 3.33. The van der Waals surface area contributed by atoms with E-state index in [1.54, 1.807) is 12.1 Å². The monoisotopic (exact) mass is 468 g/mol. The Morgan fingerprint density at radius 1 is 1.15 bits per heavy atom. The normalized spacial score (nSPS) is 14.8. The fourth-order valence-corrected chi connectivity index (χ4v) is 4.35. The predicted molar refractivity (Wildman–Crippen MR) is 127 cm³/mol. The van der Waals surface area contributed by atoms with Crippen LogP contribution in [0.1, 0.15) is 28.2 Å². The summed E-state index contributed by atoms with van der Waals surface area (Å²) in [4.78, 5) is 10.4. The van der Waals surface area contributed by atoms with E-state index < -0.39 is 0 Å². The predicted octanol–water partition coefficient (Wildman–Crippen LogP) is 4.63. The lowest BCUT2D eigenvalue weighted by molar-refractivity contribution is 0.0343. The molecule has 0 atom stereocenters. The number of aromatic amines is 1. The van der Waals surface area contributed by atoms with Crippen molar-refractivity contribution in [2.45, 2.75) is 26.8 Å². The van der Waals surface area contributed by atoms with Gasteiger partial charge in [-0.15, -0.1) is 5.10 Å². The van der Waals surface area contributed by atoms with E-state index in [-0.39, 0.29) is 5.82 Å². The van der Waals surface area contributed by atoms with Crippen LogP contribution in [0.25, 0.3) is 5.65 Å². The molecule has 0 radical (unpaired) electrons. The van der Waals surface area contributed by atoms with Crippen LogP contribution in [0.4, 0.5) is 15.9 Å². The molecule has 33 heavy (non-hydrogen) atoms. The van der Waals surface area contributed by atoms with Gasteiger partial charge in [0.25, 0.3) is 0 Å². The summed E-state index contributed by atoms with van der Waals surface area (Å²) in [5.74, 6) is 0.377. The maximum absolute atomic E-state index is 14.6. The quantitative estimate of drug-likeness (QED) is 0.431. The van der Waals surface area contributed by atoms with E-state index in [1.165, 1.54) is 6.07 Å². The molecule has 0 amide bonds. The Kier molecular flexibility index (Phi) is 6.05. The van der Waals surface area contributed by atoms with Crippen LogP contribution in [0.3, 0.4) is 0 Å². The van der Waals surface area contributed by atoms with Crippen molar-refractivity contribution in [2.75, 3.05) is 31.6 Å². The largest absolute Gasteiger partial charge is 0.379 e. The molecule has 2 N–H and O–H groups in total. The van der Waals surface area contributed by atoms with Crippen LogP contribution in [0.5, 0.6) is 0 Å². The third-order valence-corrected chi connectivity index (χ3v) is 6.16. The third kappa shape index (κ3) is 4.73. The van der Waals surface area contributed by atoms with E-state index in [1.807, 2.05) is 36.7 Å². The SMILES string of the molecule is Cc1cc(Nc2cc(CN3CCOCC3)c3nc(C)c(Cc4ccc(Cl)cc4F)n3n2)c[nH]1. The Morgan fingerprint density at radius 3 is 2.70 bits per heavy atom. The van der Waals surface area contributed by atoms with Gasteiger partial charge >= 0.3 is 0 Å². The molecule has 4 heterocycles. The summed E-state index contributed by atoms with van der Waals surface area (Å²) >= 11 is 5.94. The lowest BCUT2D eigenvalue weighted by atomic mass is 10.1. The molecule has 0 saturated carbocycles. The van der Waals surface area contributed by atoms with Gasteiger partial charge in [0.1, 0.15) is 5.82 Å². The van der Waals surface area contributed by atoms with Crippen molar-refractivity contribution in [3.8, 4) is 0 Å². The number of halogens is 2. The Hall–Kier alpha value is -2.94. The van der Waals surface area contributed by atoms with Crippen molar-refractivity contribution in [1.82, 2.24) is 24.5 Å². The highest BCUT2D eigenvalue weighted by Crippen LogP contribution is 2.25. The Balaban J connectivity index is 1.57. The van der Waals surface area contributed by atoms with Crippen LogP contribution < -0.4 is 5.32 Å². The summed E-state index contributed by atoms with van der Waals surface area (Å²) in [7, 11) is 0. The molecule has 1 saturated heterocycles. The zero-order chi connectivity index (χ0) is 22.9. The highest BCUT2D eigenvalue weighted by atomic mass is 35.5. The average molecular weight is 469 g/mol. The van der Waals surface area contributed by atoms with E-state index >= 15 is 0 Å². The van der Waals surface area contributed by atoms with Crippen LogP contribution >= 0.6 is 11.6 Å². The van der Waals surface area contributed by atoms with Gasteiger partial charge < -0.3 is 15.0 Å². The maximum atomic E-state index is 14.6. The first-order chi connectivity index (χ1) is 16.0.